The smallest absolute Gasteiger partial charge is 0.232 e. The number of piperidine rings is 1. The monoisotopic (exact) mass is 188 g/mol. The molecule has 2 rings (SSSR count). The molecule has 0 saturated carbocycles. The molecule has 0 amide bonds. The Bertz CT molecular complexity index is 332. The van der Waals surface area contributed by atoms with Gasteiger partial charge >= 0.3 is 0 Å². The van der Waals surface area contributed by atoms with Gasteiger partial charge in [0, 0.05) is 13.1 Å². The van der Waals surface area contributed by atoms with Crippen molar-refractivity contribution in [2.75, 3.05) is 18.0 Å². The van der Waals surface area contributed by atoms with E-state index in [9.17, 15) is 0 Å². The minimum absolute atomic E-state index is 0.241. The molecule has 4 heteroatoms. The molecule has 72 valence electrons. The molecule has 1 saturated heterocycles. The average molecular weight is 188 g/mol. The van der Waals surface area contributed by atoms with E-state index in [1.165, 1.54) is 19.3 Å². The van der Waals surface area contributed by atoms with Crippen LogP contribution in [-0.4, -0.2) is 23.1 Å². The van der Waals surface area contributed by atoms with Gasteiger partial charge in [-0.15, -0.1) is 0 Å². The van der Waals surface area contributed by atoms with Gasteiger partial charge in [-0.25, -0.2) is 9.97 Å². The third kappa shape index (κ3) is 1.82. The normalized spacial score (nSPS) is 16.4. The van der Waals surface area contributed by atoms with Crippen LogP contribution in [0.1, 0.15) is 25.1 Å². The highest BCUT2D eigenvalue weighted by Crippen LogP contribution is 2.17. The summed E-state index contributed by atoms with van der Waals surface area (Å²) in [5.41, 5.74) is 1.03. The number of anilines is 1. The molecule has 1 aliphatic heterocycles. The van der Waals surface area contributed by atoms with E-state index in [4.69, 9.17) is 5.26 Å². The van der Waals surface area contributed by atoms with Crippen molar-refractivity contribution in [2.45, 2.75) is 19.3 Å². The predicted molar refractivity (Wildman–Crippen MR) is 52.8 cm³/mol. The Morgan fingerprint density at radius 1 is 1.14 bits per heavy atom. The van der Waals surface area contributed by atoms with Crippen LogP contribution < -0.4 is 4.90 Å². The fourth-order valence-electron chi connectivity index (χ4n) is 1.69. The van der Waals surface area contributed by atoms with Gasteiger partial charge in [-0.05, 0) is 19.3 Å². The Kier molecular flexibility index (Phi) is 2.59. The lowest BCUT2D eigenvalue weighted by atomic mass is 10.1. The topological polar surface area (TPSA) is 52.8 Å². The zero-order chi connectivity index (χ0) is 9.80. The van der Waals surface area contributed by atoms with Gasteiger partial charge in [-0.2, -0.15) is 5.26 Å². The van der Waals surface area contributed by atoms with Crippen molar-refractivity contribution >= 4 is 5.69 Å². The maximum Gasteiger partial charge on any atom is 0.232 e. The summed E-state index contributed by atoms with van der Waals surface area (Å²) in [5, 5.41) is 8.55. The van der Waals surface area contributed by atoms with E-state index >= 15 is 0 Å². The summed E-state index contributed by atoms with van der Waals surface area (Å²) >= 11 is 0. The van der Waals surface area contributed by atoms with Crippen molar-refractivity contribution in [3.8, 4) is 6.07 Å². The van der Waals surface area contributed by atoms with Gasteiger partial charge in [0.1, 0.15) is 6.07 Å². The lowest BCUT2D eigenvalue weighted by Crippen LogP contribution is -2.29. The number of aromatic nitrogens is 2. The van der Waals surface area contributed by atoms with Gasteiger partial charge in [0.25, 0.3) is 0 Å². The van der Waals surface area contributed by atoms with Crippen LogP contribution in [0.3, 0.4) is 0 Å². The average Bonchev–Trinajstić information content (AvgIpc) is 2.30. The van der Waals surface area contributed by atoms with Gasteiger partial charge in [0.15, 0.2) is 0 Å². The van der Waals surface area contributed by atoms with Crippen LogP contribution in [0.4, 0.5) is 5.69 Å². The van der Waals surface area contributed by atoms with E-state index in [0.717, 1.165) is 18.8 Å². The predicted octanol–water partition coefficient (Wildman–Crippen LogP) is 1.34. The van der Waals surface area contributed by atoms with Crippen LogP contribution in [0.25, 0.3) is 0 Å². The van der Waals surface area contributed by atoms with Gasteiger partial charge in [0.2, 0.25) is 5.82 Å². The molecule has 0 atom stereocenters. The molecule has 0 radical (unpaired) electrons. The Morgan fingerprint density at radius 3 is 2.36 bits per heavy atom. The molecular formula is C10H12N4. The Labute approximate surface area is 83.2 Å². The van der Waals surface area contributed by atoms with E-state index in [-0.39, 0.29) is 5.82 Å². The number of rotatable bonds is 1. The number of hydrogen-bond donors (Lipinski definition) is 0. The van der Waals surface area contributed by atoms with Crippen molar-refractivity contribution in [1.29, 1.82) is 5.26 Å². The van der Waals surface area contributed by atoms with Crippen molar-refractivity contribution < 1.29 is 0 Å². The second-order valence-corrected chi connectivity index (χ2v) is 3.42. The first kappa shape index (κ1) is 8.95. The van der Waals surface area contributed by atoms with E-state index in [1.807, 2.05) is 6.07 Å². The lowest BCUT2D eigenvalue weighted by molar-refractivity contribution is 0.576. The molecular weight excluding hydrogens is 176 g/mol. The fourth-order valence-corrected chi connectivity index (χ4v) is 1.69. The molecule has 4 nitrogen and oxygen atoms in total. The van der Waals surface area contributed by atoms with Crippen LogP contribution in [0, 0.1) is 11.3 Å². The zero-order valence-electron chi connectivity index (χ0n) is 7.98. The SMILES string of the molecule is N#Cc1ncc(N2CCCCC2)cn1. The first-order chi connectivity index (χ1) is 6.90. The molecule has 1 fully saturated rings. The molecule has 0 spiro atoms. The molecule has 0 bridgehead atoms. The summed E-state index contributed by atoms with van der Waals surface area (Å²) in [4.78, 5) is 10.2. The summed E-state index contributed by atoms with van der Waals surface area (Å²) < 4.78 is 0. The lowest BCUT2D eigenvalue weighted by Gasteiger charge is -2.27. The standard InChI is InChI=1S/C10H12N4/c11-6-10-12-7-9(8-13-10)14-4-2-1-3-5-14/h7-8H,1-5H2. The molecule has 0 aromatic carbocycles. The number of hydrogen-bond acceptors (Lipinski definition) is 4. The quantitative estimate of drug-likeness (QED) is 0.667. The summed E-state index contributed by atoms with van der Waals surface area (Å²) in [6, 6.07) is 1.92. The second-order valence-electron chi connectivity index (χ2n) is 3.42. The van der Waals surface area contributed by atoms with Crippen LogP contribution in [0.2, 0.25) is 0 Å². The third-order valence-electron chi connectivity index (χ3n) is 2.46. The highest BCUT2D eigenvalue weighted by molar-refractivity contribution is 5.42. The van der Waals surface area contributed by atoms with Crippen molar-refractivity contribution in [3.63, 3.8) is 0 Å². The first-order valence-electron chi connectivity index (χ1n) is 4.87. The second kappa shape index (κ2) is 4.05. The Hall–Kier alpha value is -1.63. The fraction of sp³-hybridized carbons (Fsp3) is 0.500. The minimum Gasteiger partial charge on any atom is -0.369 e. The highest BCUT2D eigenvalue weighted by Gasteiger charge is 2.11. The van der Waals surface area contributed by atoms with E-state index in [2.05, 4.69) is 14.9 Å². The molecule has 2 heterocycles. The van der Waals surface area contributed by atoms with Gasteiger partial charge in [0.05, 0.1) is 18.1 Å². The Morgan fingerprint density at radius 2 is 1.79 bits per heavy atom. The molecule has 0 N–H and O–H groups in total. The largest absolute Gasteiger partial charge is 0.369 e. The summed E-state index contributed by atoms with van der Waals surface area (Å²) in [6.07, 6.45) is 7.25. The summed E-state index contributed by atoms with van der Waals surface area (Å²) in [7, 11) is 0. The van der Waals surface area contributed by atoms with E-state index in [1.54, 1.807) is 12.4 Å². The molecule has 14 heavy (non-hydrogen) atoms. The van der Waals surface area contributed by atoms with E-state index < -0.39 is 0 Å². The van der Waals surface area contributed by atoms with E-state index in [0.29, 0.717) is 0 Å². The maximum atomic E-state index is 8.55. The summed E-state index contributed by atoms with van der Waals surface area (Å²) in [6.45, 7) is 2.16. The first-order valence-corrected chi connectivity index (χ1v) is 4.87. The zero-order valence-corrected chi connectivity index (χ0v) is 7.98. The molecule has 1 aliphatic rings. The van der Waals surface area contributed by atoms with Gasteiger partial charge < -0.3 is 4.90 Å². The highest BCUT2D eigenvalue weighted by atomic mass is 15.1. The van der Waals surface area contributed by atoms with Gasteiger partial charge in [-0.3, -0.25) is 0 Å². The van der Waals surface area contributed by atoms with Crippen LogP contribution in [0.15, 0.2) is 12.4 Å². The Balaban J connectivity index is 2.12. The minimum atomic E-state index is 0.241. The van der Waals surface area contributed by atoms with Crippen molar-refractivity contribution in [1.82, 2.24) is 9.97 Å². The maximum absolute atomic E-state index is 8.55. The van der Waals surface area contributed by atoms with Gasteiger partial charge in [-0.1, -0.05) is 0 Å². The number of nitrogens with zero attached hydrogens (tertiary/aromatic N) is 4. The van der Waals surface area contributed by atoms with Crippen LogP contribution in [-0.2, 0) is 0 Å². The molecule has 0 aliphatic carbocycles. The number of nitriles is 1. The van der Waals surface area contributed by atoms with Crippen LogP contribution >= 0.6 is 0 Å². The summed E-state index contributed by atoms with van der Waals surface area (Å²) in [5.74, 6) is 0.241. The molecule has 1 aromatic heterocycles. The molecule has 0 unspecified atom stereocenters. The van der Waals surface area contributed by atoms with Crippen molar-refractivity contribution in [3.05, 3.63) is 18.2 Å². The van der Waals surface area contributed by atoms with Crippen LogP contribution in [0.5, 0.6) is 0 Å². The third-order valence-corrected chi connectivity index (χ3v) is 2.46. The van der Waals surface area contributed by atoms with Crippen molar-refractivity contribution in [2.24, 2.45) is 0 Å². The molecule has 1 aromatic rings.